The lowest BCUT2D eigenvalue weighted by Crippen LogP contribution is -2.39. The molecule has 1 N–H and O–H groups in total. The molecule has 0 bridgehead atoms. The Morgan fingerprint density at radius 1 is 1.27 bits per heavy atom. The normalized spacial score (nSPS) is 11.2. The van der Waals surface area contributed by atoms with E-state index in [1.54, 1.807) is 6.07 Å². The van der Waals surface area contributed by atoms with Crippen molar-refractivity contribution < 1.29 is 28.6 Å². The summed E-state index contributed by atoms with van der Waals surface area (Å²) in [4.78, 5) is 33.9. The number of hydrogen-bond acceptors (Lipinski definition) is 6. The zero-order valence-corrected chi connectivity index (χ0v) is 12.8. The highest BCUT2D eigenvalue weighted by atomic mass is 16.6. The van der Waals surface area contributed by atoms with E-state index in [9.17, 15) is 14.4 Å². The zero-order valence-electron chi connectivity index (χ0n) is 12.8. The molecule has 0 saturated carbocycles. The van der Waals surface area contributed by atoms with Crippen LogP contribution >= 0.6 is 0 Å². The Morgan fingerprint density at radius 3 is 2.64 bits per heavy atom. The highest BCUT2D eigenvalue weighted by Crippen LogP contribution is 2.12. The molecule has 7 nitrogen and oxygen atoms in total. The van der Waals surface area contributed by atoms with Crippen LogP contribution in [-0.2, 0) is 19.1 Å². The maximum Gasteiger partial charge on any atom is 0.413 e. The van der Waals surface area contributed by atoms with Gasteiger partial charge in [0.1, 0.15) is 5.75 Å². The number of ether oxygens (including phenoxy) is 3. The van der Waals surface area contributed by atoms with Gasteiger partial charge in [-0.1, -0.05) is 12.1 Å². The zero-order chi connectivity index (χ0) is 16.5. The van der Waals surface area contributed by atoms with Gasteiger partial charge < -0.3 is 14.2 Å². The van der Waals surface area contributed by atoms with E-state index in [4.69, 9.17) is 9.47 Å². The van der Waals surface area contributed by atoms with Gasteiger partial charge in [-0.25, -0.2) is 4.79 Å². The number of carbonyl (C=O) groups excluding carboxylic acids is 3. The Morgan fingerprint density at radius 2 is 2.00 bits per heavy atom. The van der Waals surface area contributed by atoms with E-state index in [1.165, 1.54) is 6.92 Å². The van der Waals surface area contributed by atoms with E-state index in [0.717, 1.165) is 12.7 Å². The van der Waals surface area contributed by atoms with Crippen LogP contribution in [-0.4, -0.2) is 37.8 Å². The number of imide groups is 1. The fourth-order valence-corrected chi connectivity index (χ4v) is 1.52. The minimum Gasteiger partial charge on any atom is -0.493 e. The lowest BCUT2D eigenvalue weighted by atomic mass is 10.2. The second-order valence-electron chi connectivity index (χ2n) is 4.53. The van der Waals surface area contributed by atoms with E-state index in [2.05, 4.69) is 4.74 Å². The molecule has 0 spiro atoms. The van der Waals surface area contributed by atoms with E-state index in [1.807, 2.05) is 30.4 Å². The molecular formula is C15H19NO6. The number of hydrogen-bond donors (Lipinski definition) is 1. The van der Waals surface area contributed by atoms with Crippen LogP contribution in [0.2, 0.25) is 0 Å². The van der Waals surface area contributed by atoms with Crippen molar-refractivity contribution in [3.8, 4) is 5.75 Å². The molecule has 0 unspecified atom stereocenters. The van der Waals surface area contributed by atoms with Gasteiger partial charge >= 0.3 is 12.1 Å². The van der Waals surface area contributed by atoms with Crippen molar-refractivity contribution in [3.05, 3.63) is 29.8 Å². The highest BCUT2D eigenvalue weighted by molar-refractivity contribution is 5.94. The summed E-state index contributed by atoms with van der Waals surface area (Å²) in [6.45, 7) is 3.42. The summed E-state index contributed by atoms with van der Waals surface area (Å²) in [5.41, 5.74) is 1.05. The molecule has 1 aromatic carbocycles. The first-order valence-electron chi connectivity index (χ1n) is 6.70. The van der Waals surface area contributed by atoms with Gasteiger partial charge in [-0.05, 0) is 31.5 Å². The average molecular weight is 309 g/mol. The number of amides is 2. The number of alkyl carbamates (subject to hydrolysis) is 1. The van der Waals surface area contributed by atoms with Gasteiger partial charge in [0.25, 0.3) is 5.91 Å². The molecule has 0 aromatic heterocycles. The van der Waals surface area contributed by atoms with Crippen molar-refractivity contribution in [3.63, 3.8) is 0 Å². The second-order valence-corrected chi connectivity index (χ2v) is 4.53. The molecule has 120 valence electrons. The fraction of sp³-hybridized carbons (Fsp3) is 0.400. The van der Waals surface area contributed by atoms with Gasteiger partial charge in [0.05, 0.1) is 20.1 Å². The first-order valence-corrected chi connectivity index (χ1v) is 6.70. The predicted octanol–water partition coefficient (Wildman–Crippen LogP) is 1.58. The Kier molecular flexibility index (Phi) is 6.88. The molecule has 0 fully saturated rings. The quantitative estimate of drug-likeness (QED) is 0.802. The molecule has 0 heterocycles. The lowest BCUT2D eigenvalue weighted by Gasteiger charge is -2.12. The van der Waals surface area contributed by atoms with Crippen LogP contribution < -0.4 is 10.1 Å². The van der Waals surface area contributed by atoms with E-state index < -0.39 is 24.1 Å². The van der Waals surface area contributed by atoms with Crippen molar-refractivity contribution in [2.24, 2.45) is 0 Å². The van der Waals surface area contributed by atoms with Gasteiger partial charge in [-0.3, -0.25) is 14.9 Å². The smallest absolute Gasteiger partial charge is 0.413 e. The number of benzene rings is 1. The maximum absolute atomic E-state index is 11.6. The fourth-order valence-electron chi connectivity index (χ4n) is 1.52. The summed E-state index contributed by atoms with van der Waals surface area (Å²) in [5, 5.41) is 1.91. The van der Waals surface area contributed by atoms with Crippen LogP contribution in [0.3, 0.4) is 0 Å². The number of nitrogens with one attached hydrogen (secondary N) is 1. The van der Waals surface area contributed by atoms with Crippen LogP contribution in [0.1, 0.15) is 18.9 Å². The summed E-state index contributed by atoms with van der Waals surface area (Å²) in [7, 11) is 1.13. The van der Waals surface area contributed by atoms with Crippen molar-refractivity contribution in [1.29, 1.82) is 0 Å². The Bertz CT molecular complexity index is 543. The molecule has 1 aromatic rings. The standard InChI is InChI=1S/C15H19NO6/c1-10-5-4-6-12(9-10)21-8-7-13(17)22-11(2)14(18)16-15(19)20-3/h4-6,9,11H,7-8H2,1-3H3,(H,16,18,19)/t11-/m1/s1. The van der Waals surface area contributed by atoms with Crippen LogP contribution in [0.5, 0.6) is 5.75 Å². The molecule has 0 aliphatic heterocycles. The molecule has 0 aliphatic carbocycles. The van der Waals surface area contributed by atoms with E-state index >= 15 is 0 Å². The molecule has 0 aliphatic rings. The summed E-state index contributed by atoms with van der Waals surface area (Å²) < 4.78 is 14.6. The summed E-state index contributed by atoms with van der Waals surface area (Å²) in [6, 6.07) is 7.41. The Labute approximate surface area is 128 Å². The third-order valence-corrected chi connectivity index (χ3v) is 2.65. The van der Waals surface area contributed by atoms with Gasteiger partial charge in [0, 0.05) is 0 Å². The van der Waals surface area contributed by atoms with Gasteiger partial charge in [-0.2, -0.15) is 0 Å². The second kappa shape index (κ2) is 8.66. The largest absolute Gasteiger partial charge is 0.493 e. The molecular weight excluding hydrogens is 290 g/mol. The minimum atomic E-state index is -1.09. The van der Waals surface area contributed by atoms with Crippen LogP contribution in [0.25, 0.3) is 0 Å². The Hall–Kier alpha value is -2.57. The first kappa shape index (κ1) is 17.5. The number of methoxy groups -OCH3 is 1. The van der Waals surface area contributed by atoms with Crippen LogP contribution in [0, 0.1) is 6.92 Å². The predicted molar refractivity (Wildman–Crippen MR) is 77.4 cm³/mol. The summed E-state index contributed by atoms with van der Waals surface area (Å²) in [6.07, 6.45) is -2.01. The van der Waals surface area contributed by atoms with E-state index in [0.29, 0.717) is 5.75 Å². The Balaban J connectivity index is 2.30. The molecule has 22 heavy (non-hydrogen) atoms. The molecule has 7 heteroatoms. The third-order valence-electron chi connectivity index (χ3n) is 2.65. The molecule has 0 saturated heterocycles. The van der Waals surface area contributed by atoms with Crippen LogP contribution in [0.15, 0.2) is 24.3 Å². The summed E-state index contributed by atoms with van der Waals surface area (Å²) in [5.74, 6) is -0.691. The third kappa shape index (κ3) is 6.25. The van der Waals surface area contributed by atoms with Gasteiger partial charge in [0.15, 0.2) is 6.10 Å². The van der Waals surface area contributed by atoms with Crippen molar-refractivity contribution >= 4 is 18.0 Å². The SMILES string of the molecule is COC(=O)NC(=O)[C@@H](C)OC(=O)CCOc1cccc(C)c1. The molecule has 1 rings (SSSR count). The first-order chi connectivity index (χ1) is 10.4. The maximum atomic E-state index is 11.6. The van der Waals surface area contributed by atoms with Crippen molar-refractivity contribution in [2.75, 3.05) is 13.7 Å². The minimum absolute atomic E-state index is 0.0101. The van der Waals surface area contributed by atoms with E-state index in [-0.39, 0.29) is 13.0 Å². The monoisotopic (exact) mass is 309 g/mol. The topological polar surface area (TPSA) is 90.9 Å². The van der Waals surface area contributed by atoms with Crippen molar-refractivity contribution in [1.82, 2.24) is 5.32 Å². The number of esters is 1. The van der Waals surface area contributed by atoms with Crippen molar-refractivity contribution in [2.45, 2.75) is 26.4 Å². The van der Waals surface area contributed by atoms with Gasteiger partial charge in [-0.15, -0.1) is 0 Å². The van der Waals surface area contributed by atoms with Gasteiger partial charge in [0.2, 0.25) is 0 Å². The lowest BCUT2D eigenvalue weighted by molar-refractivity contribution is -0.155. The summed E-state index contributed by atoms with van der Waals surface area (Å²) >= 11 is 0. The highest BCUT2D eigenvalue weighted by Gasteiger charge is 2.20. The average Bonchev–Trinajstić information content (AvgIpc) is 2.47. The molecule has 1 atom stereocenters. The molecule has 2 amide bonds. The van der Waals surface area contributed by atoms with Crippen LogP contribution in [0.4, 0.5) is 4.79 Å². The number of carbonyl (C=O) groups is 3. The molecule has 0 radical (unpaired) electrons. The number of rotatable bonds is 6. The number of aryl methyl sites for hydroxylation is 1.